The lowest BCUT2D eigenvalue weighted by atomic mass is 9.95. The highest BCUT2D eigenvalue weighted by atomic mass is 32.1. The number of rotatable bonds is 5. The molecule has 9 nitrogen and oxygen atoms in total. The first-order valence-corrected chi connectivity index (χ1v) is 9.81. The van der Waals surface area contributed by atoms with Crippen molar-refractivity contribution in [3.05, 3.63) is 75.5 Å². The molecule has 10 heteroatoms. The molecule has 0 radical (unpaired) electrons. The molecule has 3 aromatic rings. The number of hydrogen-bond acceptors (Lipinski definition) is 7. The maximum Gasteiger partial charge on any atom is 0.269 e. The molecule has 1 aliphatic rings. The molecular weight excluding hydrogens is 418 g/mol. The number of nitro benzene ring substituents is 1. The first-order chi connectivity index (χ1) is 14.9. The molecule has 2 N–H and O–H groups in total. The van der Waals surface area contributed by atoms with Crippen molar-refractivity contribution in [1.82, 2.24) is 10.2 Å². The highest BCUT2D eigenvalue weighted by molar-refractivity contribution is 7.80. The molecule has 0 amide bonds. The van der Waals surface area contributed by atoms with Crippen LogP contribution in [0.3, 0.4) is 0 Å². The SMILES string of the molecule is COc1ccc(C2CC(c3c(-c4ccc([N+](=O)[O-])cc4)noc3C)=NN2C(N)=S)cc1. The van der Waals surface area contributed by atoms with Crippen LogP contribution in [0.15, 0.2) is 58.2 Å². The van der Waals surface area contributed by atoms with E-state index in [9.17, 15) is 10.1 Å². The van der Waals surface area contributed by atoms with Gasteiger partial charge in [0.15, 0.2) is 5.11 Å². The molecule has 1 unspecified atom stereocenters. The predicted molar refractivity (Wildman–Crippen MR) is 119 cm³/mol. The quantitative estimate of drug-likeness (QED) is 0.362. The fourth-order valence-corrected chi connectivity index (χ4v) is 3.77. The van der Waals surface area contributed by atoms with Crippen molar-refractivity contribution < 1.29 is 14.2 Å². The number of aryl methyl sites for hydroxylation is 1. The fourth-order valence-electron chi connectivity index (χ4n) is 3.60. The van der Waals surface area contributed by atoms with E-state index < -0.39 is 4.92 Å². The van der Waals surface area contributed by atoms with Crippen LogP contribution in [0.2, 0.25) is 0 Å². The summed E-state index contributed by atoms with van der Waals surface area (Å²) in [6.07, 6.45) is 0.533. The van der Waals surface area contributed by atoms with Gasteiger partial charge in [-0.25, -0.2) is 5.01 Å². The molecule has 31 heavy (non-hydrogen) atoms. The second-order valence-corrected chi connectivity index (χ2v) is 7.41. The first kappa shape index (κ1) is 20.5. The predicted octanol–water partition coefficient (Wildman–Crippen LogP) is 3.96. The molecule has 0 aliphatic carbocycles. The minimum atomic E-state index is -0.445. The van der Waals surface area contributed by atoms with Crippen LogP contribution in [0.5, 0.6) is 5.75 Å². The van der Waals surface area contributed by atoms with Crippen LogP contribution in [0.25, 0.3) is 11.3 Å². The van der Waals surface area contributed by atoms with Crippen molar-refractivity contribution >= 4 is 28.7 Å². The summed E-state index contributed by atoms with van der Waals surface area (Å²) in [4.78, 5) is 10.5. The second kappa shape index (κ2) is 8.15. The zero-order valence-electron chi connectivity index (χ0n) is 16.8. The van der Waals surface area contributed by atoms with Crippen molar-refractivity contribution in [2.24, 2.45) is 10.8 Å². The summed E-state index contributed by atoms with van der Waals surface area (Å²) in [6, 6.07) is 13.6. The van der Waals surface area contributed by atoms with Gasteiger partial charge in [-0.3, -0.25) is 10.1 Å². The van der Waals surface area contributed by atoms with E-state index in [-0.39, 0.29) is 16.8 Å². The topological polar surface area (TPSA) is 120 Å². The Hall–Kier alpha value is -3.79. The van der Waals surface area contributed by atoms with E-state index in [2.05, 4.69) is 10.3 Å². The fraction of sp³-hybridized carbons (Fsp3) is 0.190. The van der Waals surface area contributed by atoms with Gasteiger partial charge in [0.05, 0.1) is 29.4 Å². The number of ether oxygens (including phenoxy) is 1. The summed E-state index contributed by atoms with van der Waals surface area (Å²) in [5, 5.41) is 21.6. The van der Waals surface area contributed by atoms with Crippen LogP contribution in [0.1, 0.15) is 29.3 Å². The van der Waals surface area contributed by atoms with E-state index >= 15 is 0 Å². The van der Waals surface area contributed by atoms with Gasteiger partial charge in [0.25, 0.3) is 5.69 Å². The van der Waals surface area contributed by atoms with Crippen LogP contribution in [0.4, 0.5) is 5.69 Å². The molecular formula is C21H19N5O4S. The third kappa shape index (κ3) is 3.84. The summed E-state index contributed by atoms with van der Waals surface area (Å²) in [5.41, 5.74) is 9.64. The first-order valence-electron chi connectivity index (χ1n) is 9.40. The number of benzene rings is 2. The summed E-state index contributed by atoms with van der Waals surface area (Å²) in [6.45, 7) is 1.80. The lowest BCUT2D eigenvalue weighted by Crippen LogP contribution is -2.31. The molecule has 0 saturated heterocycles. The van der Waals surface area contributed by atoms with Crippen molar-refractivity contribution in [2.75, 3.05) is 7.11 Å². The Kier molecular flexibility index (Phi) is 5.38. The van der Waals surface area contributed by atoms with Gasteiger partial charge in [-0.15, -0.1) is 0 Å². The van der Waals surface area contributed by atoms with E-state index in [4.69, 9.17) is 27.2 Å². The van der Waals surface area contributed by atoms with Crippen LogP contribution < -0.4 is 10.5 Å². The largest absolute Gasteiger partial charge is 0.497 e. The number of nitrogens with zero attached hydrogens (tertiary/aromatic N) is 4. The molecule has 0 spiro atoms. The summed E-state index contributed by atoms with van der Waals surface area (Å²) < 4.78 is 10.7. The molecule has 2 heterocycles. The Morgan fingerprint density at radius 1 is 1.26 bits per heavy atom. The number of hydrogen-bond donors (Lipinski definition) is 1. The summed E-state index contributed by atoms with van der Waals surface area (Å²) in [7, 11) is 1.61. The number of aromatic nitrogens is 1. The Labute approximate surface area is 183 Å². The maximum absolute atomic E-state index is 11.0. The Morgan fingerprint density at radius 3 is 2.52 bits per heavy atom. The highest BCUT2D eigenvalue weighted by Crippen LogP contribution is 2.37. The number of nitro groups is 1. The minimum absolute atomic E-state index is 0.00273. The van der Waals surface area contributed by atoms with Crippen molar-refractivity contribution in [3.8, 4) is 17.0 Å². The average molecular weight is 437 g/mol. The lowest BCUT2D eigenvalue weighted by molar-refractivity contribution is -0.384. The zero-order valence-corrected chi connectivity index (χ0v) is 17.6. The Bertz CT molecular complexity index is 1170. The van der Waals surface area contributed by atoms with Crippen molar-refractivity contribution in [1.29, 1.82) is 0 Å². The second-order valence-electron chi connectivity index (χ2n) is 6.99. The van der Waals surface area contributed by atoms with Crippen LogP contribution in [0, 0.1) is 17.0 Å². The standard InChI is InChI=1S/C21H19N5O4S/c1-12-19(20(24-30-12)14-3-7-15(8-4-14)26(27)28)17-11-18(25(23-17)21(22)31)13-5-9-16(29-2)10-6-13/h3-10,18H,11H2,1-2H3,(H2,22,31). The number of hydrazone groups is 1. The number of nitrogens with two attached hydrogens (primary N) is 1. The maximum atomic E-state index is 11.0. The Morgan fingerprint density at radius 2 is 1.94 bits per heavy atom. The van der Waals surface area contributed by atoms with Crippen LogP contribution in [-0.4, -0.2) is 33.0 Å². The average Bonchev–Trinajstić information content (AvgIpc) is 3.37. The molecule has 0 saturated carbocycles. The van der Waals surface area contributed by atoms with Gasteiger partial charge in [-0.05, 0) is 49.0 Å². The van der Waals surface area contributed by atoms with Crippen LogP contribution in [-0.2, 0) is 0 Å². The molecule has 0 bridgehead atoms. The number of non-ortho nitro benzene ring substituents is 1. The van der Waals surface area contributed by atoms with Gasteiger partial charge in [-0.2, -0.15) is 5.10 Å². The van der Waals surface area contributed by atoms with Gasteiger partial charge in [0.1, 0.15) is 17.2 Å². The van der Waals surface area contributed by atoms with E-state index in [1.807, 2.05) is 24.3 Å². The minimum Gasteiger partial charge on any atom is -0.497 e. The molecule has 158 valence electrons. The summed E-state index contributed by atoms with van der Waals surface area (Å²) in [5.74, 6) is 1.34. The lowest BCUT2D eigenvalue weighted by Gasteiger charge is -2.22. The van der Waals surface area contributed by atoms with Crippen molar-refractivity contribution in [3.63, 3.8) is 0 Å². The molecule has 0 fully saturated rings. The van der Waals surface area contributed by atoms with Gasteiger partial charge in [0, 0.05) is 24.1 Å². The third-order valence-corrected chi connectivity index (χ3v) is 5.33. The van der Waals surface area contributed by atoms with E-state index in [0.29, 0.717) is 23.4 Å². The zero-order chi connectivity index (χ0) is 22.1. The number of methoxy groups -OCH3 is 1. The third-order valence-electron chi connectivity index (χ3n) is 5.14. The van der Waals surface area contributed by atoms with Crippen molar-refractivity contribution in [2.45, 2.75) is 19.4 Å². The molecule has 1 aliphatic heterocycles. The van der Waals surface area contributed by atoms with E-state index in [1.54, 1.807) is 31.2 Å². The number of thiocarbonyl (C=S) groups is 1. The molecule has 1 aromatic heterocycles. The van der Waals surface area contributed by atoms with Gasteiger partial charge < -0.3 is 15.0 Å². The van der Waals surface area contributed by atoms with E-state index in [1.165, 1.54) is 12.1 Å². The monoisotopic (exact) mass is 437 g/mol. The molecule has 2 aromatic carbocycles. The molecule has 4 rings (SSSR count). The van der Waals surface area contributed by atoms with E-state index in [0.717, 1.165) is 22.6 Å². The highest BCUT2D eigenvalue weighted by Gasteiger charge is 2.33. The molecule has 1 atom stereocenters. The van der Waals surface area contributed by atoms with Gasteiger partial charge in [0.2, 0.25) is 0 Å². The Balaban J connectivity index is 1.71. The normalized spacial score (nSPS) is 15.6. The smallest absolute Gasteiger partial charge is 0.269 e. The van der Waals surface area contributed by atoms with Gasteiger partial charge >= 0.3 is 0 Å². The van der Waals surface area contributed by atoms with Crippen LogP contribution >= 0.6 is 12.2 Å². The van der Waals surface area contributed by atoms with Gasteiger partial charge in [-0.1, -0.05) is 17.3 Å². The summed E-state index contributed by atoms with van der Waals surface area (Å²) >= 11 is 5.23.